The van der Waals surface area contributed by atoms with Crippen molar-refractivity contribution in [3.63, 3.8) is 0 Å². The van der Waals surface area contributed by atoms with Crippen LogP contribution in [-0.2, 0) is 12.7 Å². The smallest absolute Gasteiger partial charge is 0.369 e. The zero-order valence-electron chi connectivity index (χ0n) is 20.4. The number of carbonyl (C=O) groups is 1. The summed E-state index contributed by atoms with van der Waals surface area (Å²) in [6, 6.07) is 6.39. The van der Waals surface area contributed by atoms with Crippen molar-refractivity contribution in [2.24, 2.45) is 0 Å². The molecule has 36 heavy (non-hydrogen) atoms. The van der Waals surface area contributed by atoms with Crippen molar-refractivity contribution in [3.05, 3.63) is 41.6 Å². The second kappa shape index (κ2) is 10.5. The molecule has 1 N–H and O–H groups in total. The molecule has 1 aromatic carbocycles. The van der Waals surface area contributed by atoms with E-state index in [2.05, 4.69) is 24.5 Å². The van der Waals surface area contributed by atoms with Crippen LogP contribution in [0.2, 0.25) is 0 Å². The summed E-state index contributed by atoms with van der Waals surface area (Å²) in [6.07, 6.45) is 1.63. The van der Waals surface area contributed by atoms with E-state index in [0.29, 0.717) is 50.3 Å². The van der Waals surface area contributed by atoms with E-state index in [1.54, 1.807) is 23.2 Å². The number of benzene rings is 1. The molecule has 2 aliphatic heterocycles. The van der Waals surface area contributed by atoms with Crippen LogP contribution in [0, 0.1) is 0 Å². The SMILES string of the molecule is CSNc1ccn(C(=O)N2CCN(Cc3ccc(C(F)(F)F)cc3N3CCN(C4CC4)CC3)CC2)n1. The van der Waals surface area contributed by atoms with Crippen LogP contribution in [-0.4, -0.2) is 95.2 Å². The summed E-state index contributed by atoms with van der Waals surface area (Å²) in [4.78, 5) is 21.3. The van der Waals surface area contributed by atoms with Gasteiger partial charge in [0.05, 0.1) is 5.56 Å². The minimum Gasteiger partial charge on any atom is -0.369 e. The van der Waals surface area contributed by atoms with Crippen LogP contribution < -0.4 is 9.62 Å². The van der Waals surface area contributed by atoms with E-state index in [1.165, 1.54) is 41.6 Å². The van der Waals surface area contributed by atoms with Crippen LogP contribution in [0.25, 0.3) is 0 Å². The quantitative estimate of drug-likeness (QED) is 0.580. The first kappa shape index (κ1) is 25.2. The van der Waals surface area contributed by atoms with Gasteiger partial charge in [-0.05, 0) is 30.5 Å². The Morgan fingerprint density at radius 2 is 1.78 bits per heavy atom. The molecule has 0 radical (unpaired) electrons. The average Bonchev–Trinajstić information content (AvgIpc) is 3.62. The number of alkyl halides is 3. The van der Waals surface area contributed by atoms with Crippen molar-refractivity contribution in [1.82, 2.24) is 24.5 Å². The second-order valence-corrected chi connectivity index (χ2v) is 10.2. The highest BCUT2D eigenvalue weighted by Crippen LogP contribution is 2.35. The largest absolute Gasteiger partial charge is 0.416 e. The molecule has 0 bridgehead atoms. The topological polar surface area (TPSA) is 59.9 Å². The molecule has 12 heteroatoms. The number of hydrogen-bond acceptors (Lipinski definition) is 7. The summed E-state index contributed by atoms with van der Waals surface area (Å²) < 4.78 is 44.9. The monoisotopic (exact) mass is 523 g/mol. The number of amides is 1. The number of piperazine rings is 2. The molecule has 196 valence electrons. The molecule has 2 saturated heterocycles. The fraction of sp³-hybridized carbons (Fsp3) is 0.583. The zero-order chi connectivity index (χ0) is 25.3. The van der Waals surface area contributed by atoms with Crippen molar-refractivity contribution in [2.75, 3.05) is 68.2 Å². The van der Waals surface area contributed by atoms with Crippen molar-refractivity contribution in [3.8, 4) is 0 Å². The van der Waals surface area contributed by atoms with E-state index in [1.807, 2.05) is 6.26 Å². The minimum absolute atomic E-state index is 0.174. The van der Waals surface area contributed by atoms with Gasteiger partial charge < -0.3 is 14.5 Å². The van der Waals surface area contributed by atoms with Crippen LogP contribution in [0.5, 0.6) is 0 Å². The van der Waals surface area contributed by atoms with E-state index in [0.717, 1.165) is 31.7 Å². The van der Waals surface area contributed by atoms with Crippen LogP contribution in [0.15, 0.2) is 30.5 Å². The van der Waals surface area contributed by atoms with Crippen molar-refractivity contribution >= 4 is 29.5 Å². The zero-order valence-corrected chi connectivity index (χ0v) is 21.2. The molecule has 5 rings (SSSR count). The van der Waals surface area contributed by atoms with Gasteiger partial charge in [0, 0.05) is 89.2 Å². The van der Waals surface area contributed by atoms with Crippen LogP contribution >= 0.6 is 11.9 Å². The van der Waals surface area contributed by atoms with Gasteiger partial charge >= 0.3 is 12.2 Å². The minimum atomic E-state index is -4.37. The van der Waals surface area contributed by atoms with Gasteiger partial charge in [-0.3, -0.25) is 9.80 Å². The van der Waals surface area contributed by atoms with E-state index >= 15 is 0 Å². The van der Waals surface area contributed by atoms with Gasteiger partial charge in [0.2, 0.25) is 0 Å². The van der Waals surface area contributed by atoms with Gasteiger partial charge in [-0.1, -0.05) is 18.0 Å². The van der Waals surface area contributed by atoms with Crippen molar-refractivity contribution in [1.29, 1.82) is 0 Å². The van der Waals surface area contributed by atoms with Crippen molar-refractivity contribution in [2.45, 2.75) is 31.6 Å². The molecular weight excluding hydrogens is 491 g/mol. The van der Waals surface area contributed by atoms with Crippen molar-refractivity contribution < 1.29 is 18.0 Å². The third kappa shape index (κ3) is 5.76. The molecule has 1 saturated carbocycles. The maximum absolute atomic E-state index is 13.5. The predicted octanol–water partition coefficient (Wildman–Crippen LogP) is 3.66. The lowest BCUT2D eigenvalue weighted by Crippen LogP contribution is -2.50. The molecular formula is C24H32F3N7OS. The number of rotatable bonds is 6. The fourth-order valence-electron chi connectivity index (χ4n) is 5.01. The molecule has 3 aliphatic rings. The van der Waals surface area contributed by atoms with Gasteiger partial charge in [0.25, 0.3) is 0 Å². The van der Waals surface area contributed by atoms with Crippen LogP contribution in [0.4, 0.5) is 29.5 Å². The molecule has 2 aromatic rings. The summed E-state index contributed by atoms with van der Waals surface area (Å²) in [5, 5.41) is 4.25. The number of halogens is 3. The number of nitrogens with zero attached hydrogens (tertiary/aromatic N) is 6. The van der Waals surface area contributed by atoms with E-state index in [-0.39, 0.29) is 6.03 Å². The Morgan fingerprint density at radius 3 is 2.42 bits per heavy atom. The van der Waals surface area contributed by atoms with Gasteiger partial charge in [0.15, 0.2) is 5.82 Å². The summed E-state index contributed by atoms with van der Waals surface area (Å²) in [7, 11) is 0. The van der Waals surface area contributed by atoms with Gasteiger partial charge in [-0.15, -0.1) is 5.10 Å². The number of carbonyl (C=O) groups excluding carboxylic acids is 1. The molecule has 0 atom stereocenters. The molecule has 1 amide bonds. The van der Waals surface area contributed by atoms with E-state index < -0.39 is 11.7 Å². The van der Waals surface area contributed by atoms with Gasteiger partial charge in [-0.2, -0.15) is 17.9 Å². The summed E-state index contributed by atoms with van der Waals surface area (Å²) >= 11 is 1.41. The lowest BCUT2D eigenvalue weighted by molar-refractivity contribution is -0.137. The second-order valence-electron chi connectivity index (χ2n) is 9.59. The normalized spacial score (nSPS) is 20.1. The first-order valence-electron chi connectivity index (χ1n) is 12.4. The lowest BCUT2D eigenvalue weighted by Gasteiger charge is -2.39. The summed E-state index contributed by atoms with van der Waals surface area (Å²) in [5.74, 6) is 0.627. The third-order valence-corrected chi connectivity index (χ3v) is 7.57. The first-order chi connectivity index (χ1) is 17.3. The molecule has 0 unspecified atom stereocenters. The Bertz CT molecular complexity index is 1060. The first-order valence-corrected chi connectivity index (χ1v) is 13.6. The number of hydrogen-bond donors (Lipinski definition) is 1. The maximum atomic E-state index is 13.5. The Balaban J connectivity index is 1.23. The maximum Gasteiger partial charge on any atom is 0.416 e. The van der Waals surface area contributed by atoms with E-state index in [4.69, 9.17) is 0 Å². The van der Waals surface area contributed by atoms with E-state index in [9.17, 15) is 18.0 Å². The summed E-state index contributed by atoms with van der Waals surface area (Å²) in [5.41, 5.74) is 0.988. The summed E-state index contributed by atoms with van der Waals surface area (Å²) in [6.45, 7) is 6.21. The number of anilines is 2. The number of aromatic nitrogens is 2. The van der Waals surface area contributed by atoms with Crippen LogP contribution in [0.1, 0.15) is 24.0 Å². The Kier molecular flexibility index (Phi) is 7.36. The van der Waals surface area contributed by atoms with Gasteiger partial charge in [-0.25, -0.2) is 4.79 Å². The molecule has 0 spiro atoms. The molecule has 1 aliphatic carbocycles. The highest BCUT2D eigenvalue weighted by atomic mass is 32.2. The fourth-order valence-corrected chi connectivity index (χ4v) is 5.33. The highest BCUT2D eigenvalue weighted by Gasteiger charge is 2.34. The Morgan fingerprint density at radius 1 is 1.06 bits per heavy atom. The van der Waals surface area contributed by atoms with Crippen LogP contribution in [0.3, 0.4) is 0 Å². The lowest BCUT2D eigenvalue weighted by atomic mass is 10.1. The highest BCUT2D eigenvalue weighted by molar-refractivity contribution is 7.99. The standard InChI is InChI=1S/C24H32F3N7OS/c1-36-29-22-6-7-34(28-22)23(35)33-10-8-30(9-11-33)17-18-2-3-19(24(25,26)27)16-21(18)32-14-12-31(13-15-32)20-4-5-20/h2-3,6-7,16,20H,4-5,8-15,17H2,1H3,(H,28,29). The molecule has 3 fully saturated rings. The number of nitrogens with one attached hydrogen (secondary N) is 1. The average molecular weight is 524 g/mol. The third-order valence-electron chi connectivity index (χ3n) is 7.16. The Labute approximate surface area is 213 Å². The molecule has 3 heterocycles. The predicted molar refractivity (Wildman–Crippen MR) is 135 cm³/mol. The van der Waals surface area contributed by atoms with Gasteiger partial charge in [0.1, 0.15) is 0 Å². The Hall–Kier alpha value is -2.44. The molecule has 8 nitrogen and oxygen atoms in total. The molecule has 1 aromatic heterocycles.